The molecule has 4 N–H and O–H groups in total. The Morgan fingerprint density at radius 2 is 1.09 bits per heavy atom. The number of nitrogens with one attached hydrogen (secondary N) is 2. The van der Waals surface area contributed by atoms with Crippen LogP contribution in [0.15, 0.2) is 36.4 Å². The first-order valence-corrected chi connectivity index (χ1v) is 6.33. The van der Waals surface area contributed by atoms with E-state index in [2.05, 4.69) is 0 Å². The number of carboxylic acid groups (broad SMARTS) is 2. The van der Waals surface area contributed by atoms with Gasteiger partial charge in [0.1, 0.15) is 0 Å². The van der Waals surface area contributed by atoms with Gasteiger partial charge in [-0.15, -0.1) is 11.4 Å². The average molecular weight is 364 g/mol. The van der Waals surface area contributed by atoms with Crippen molar-refractivity contribution in [3.05, 3.63) is 70.1 Å². The molecule has 0 unspecified atom stereocenters. The number of benzene rings is 2. The molecule has 2 aromatic rings. The summed E-state index contributed by atoms with van der Waals surface area (Å²) in [7, 11) is 0. The fourth-order valence-corrected chi connectivity index (χ4v) is 1.67. The minimum Gasteiger partial charge on any atom is -0.698 e. The molecule has 0 heterocycles. The van der Waals surface area contributed by atoms with Gasteiger partial charge in [-0.05, 0) is 26.0 Å². The molecule has 0 amide bonds. The third-order valence-corrected chi connectivity index (χ3v) is 2.81. The van der Waals surface area contributed by atoms with E-state index in [1.54, 1.807) is 26.0 Å². The van der Waals surface area contributed by atoms with Crippen LogP contribution < -0.4 is 0 Å². The van der Waals surface area contributed by atoms with Crippen molar-refractivity contribution in [2.75, 3.05) is 0 Å². The summed E-state index contributed by atoms with van der Waals surface area (Å²) in [5.41, 5.74) is 16.4. The normalized spacial score (nSPS) is 9.13. The van der Waals surface area contributed by atoms with Crippen LogP contribution >= 0.6 is 0 Å². The first-order chi connectivity index (χ1) is 10.2. The summed E-state index contributed by atoms with van der Waals surface area (Å²) in [4.78, 5) is 20.9. The van der Waals surface area contributed by atoms with Gasteiger partial charge in [-0.1, -0.05) is 35.4 Å². The van der Waals surface area contributed by atoms with Crippen LogP contribution in [-0.4, -0.2) is 22.2 Å². The smallest absolute Gasteiger partial charge is 0.698 e. The van der Waals surface area contributed by atoms with Crippen molar-refractivity contribution in [3.63, 3.8) is 0 Å². The predicted molar refractivity (Wildman–Crippen MR) is 84.2 cm³/mol. The van der Waals surface area contributed by atoms with E-state index in [1.165, 1.54) is 24.3 Å². The van der Waals surface area contributed by atoms with E-state index < -0.39 is 11.9 Å². The fourth-order valence-electron chi connectivity index (χ4n) is 1.67. The number of aryl methyl sites for hydroxylation is 2. The van der Waals surface area contributed by atoms with E-state index >= 15 is 0 Å². The summed E-state index contributed by atoms with van der Waals surface area (Å²) < 4.78 is 0. The third kappa shape index (κ3) is 6.02. The fraction of sp³-hybridized carbons (Fsp3) is 0.125. The van der Waals surface area contributed by atoms with Gasteiger partial charge in [0.2, 0.25) is 0 Å². The Morgan fingerprint density at radius 1 is 0.783 bits per heavy atom. The van der Waals surface area contributed by atoms with Gasteiger partial charge in [-0.3, -0.25) is 0 Å². The molecule has 0 fully saturated rings. The zero-order valence-electron chi connectivity index (χ0n) is 12.5. The maximum atomic E-state index is 10.5. The Labute approximate surface area is 144 Å². The molecule has 2 aromatic carbocycles. The van der Waals surface area contributed by atoms with E-state index in [4.69, 9.17) is 21.7 Å². The van der Waals surface area contributed by atoms with Crippen molar-refractivity contribution in [2.45, 2.75) is 13.8 Å². The summed E-state index contributed by atoms with van der Waals surface area (Å²) in [6.45, 7) is 3.60. The molecule has 2 rings (SSSR count). The Bertz CT molecular complexity index is 656. The van der Waals surface area contributed by atoms with Gasteiger partial charge in [0.15, 0.2) is 0 Å². The maximum absolute atomic E-state index is 10.5. The summed E-state index contributed by atoms with van der Waals surface area (Å²) in [5.74, 6) is -2.09. The minimum atomic E-state index is -1.04. The largest absolute Gasteiger partial charge is 2.00 e. The summed E-state index contributed by atoms with van der Waals surface area (Å²) >= 11 is 0. The number of hydrogen-bond acceptors (Lipinski definition) is 2. The zero-order valence-corrected chi connectivity index (χ0v) is 13.4. The van der Waals surface area contributed by atoms with Crippen LogP contribution in [0.4, 0.5) is 11.4 Å². The predicted octanol–water partition coefficient (Wildman–Crippen LogP) is 4.75. The summed E-state index contributed by atoms with van der Waals surface area (Å²) in [5, 5.41) is 17.1. The van der Waals surface area contributed by atoms with E-state index in [-0.39, 0.29) is 39.6 Å². The quantitative estimate of drug-likeness (QED) is 0.747. The SMILES string of the molecule is Cc1ccc([NH-])c(C(=O)O)c1.Cc1ccc([NH-])c(C(=O)O)c1.[Cu+2]. The second kappa shape index (κ2) is 8.82. The van der Waals surface area contributed by atoms with Gasteiger partial charge >= 0.3 is 29.0 Å². The molecule has 1 radical (unpaired) electrons. The van der Waals surface area contributed by atoms with Crippen molar-refractivity contribution in [1.29, 1.82) is 0 Å². The monoisotopic (exact) mass is 363 g/mol. The minimum absolute atomic E-state index is 0. The van der Waals surface area contributed by atoms with Gasteiger partial charge in [0.05, 0.1) is 0 Å². The molecule has 23 heavy (non-hydrogen) atoms. The Balaban J connectivity index is 0.000000403. The van der Waals surface area contributed by atoms with Crippen LogP contribution in [0.1, 0.15) is 31.8 Å². The molecule has 0 atom stereocenters. The molecule has 7 heteroatoms. The number of carboxylic acids is 2. The van der Waals surface area contributed by atoms with Crippen LogP contribution in [0.2, 0.25) is 0 Å². The van der Waals surface area contributed by atoms with Crippen LogP contribution in [0.3, 0.4) is 0 Å². The molecule has 6 nitrogen and oxygen atoms in total. The zero-order chi connectivity index (χ0) is 16.9. The van der Waals surface area contributed by atoms with Crippen molar-refractivity contribution in [2.24, 2.45) is 0 Å². The maximum Gasteiger partial charge on any atom is 2.00 e. The molecule has 125 valence electrons. The molecule has 0 saturated carbocycles. The molecule has 0 bridgehead atoms. The molecule has 0 spiro atoms. The van der Waals surface area contributed by atoms with Gasteiger partial charge in [0.25, 0.3) is 0 Å². The van der Waals surface area contributed by atoms with Gasteiger partial charge in [-0.25, -0.2) is 9.59 Å². The summed E-state index contributed by atoms with van der Waals surface area (Å²) in [6.07, 6.45) is 0. The summed E-state index contributed by atoms with van der Waals surface area (Å²) in [6, 6.07) is 9.39. The topological polar surface area (TPSA) is 122 Å². The molecule has 0 aliphatic heterocycles. The molecular weight excluding hydrogens is 348 g/mol. The second-order valence-corrected chi connectivity index (χ2v) is 4.71. The Kier molecular flexibility index (Phi) is 7.87. The number of hydrogen-bond donors (Lipinski definition) is 2. The number of carbonyl (C=O) groups is 2. The van der Waals surface area contributed by atoms with Crippen LogP contribution in [0.25, 0.3) is 11.5 Å². The molecule has 0 aliphatic rings. The second-order valence-electron chi connectivity index (χ2n) is 4.71. The van der Waals surface area contributed by atoms with Crippen LogP contribution in [0, 0.1) is 13.8 Å². The third-order valence-electron chi connectivity index (χ3n) is 2.81. The molecular formula is C16H16CuN2O4. The van der Waals surface area contributed by atoms with Gasteiger partial charge in [0, 0.05) is 11.1 Å². The van der Waals surface area contributed by atoms with E-state index in [9.17, 15) is 9.59 Å². The number of aromatic carboxylic acids is 2. The molecule has 0 aromatic heterocycles. The van der Waals surface area contributed by atoms with Gasteiger partial charge < -0.3 is 21.7 Å². The van der Waals surface area contributed by atoms with E-state index in [1.807, 2.05) is 0 Å². The first-order valence-electron chi connectivity index (χ1n) is 6.33. The number of rotatable bonds is 2. The molecule has 0 saturated heterocycles. The van der Waals surface area contributed by atoms with Crippen molar-refractivity contribution in [3.8, 4) is 0 Å². The van der Waals surface area contributed by atoms with Crippen molar-refractivity contribution >= 4 is 23.3 Å². The van der Waals surface area contributed by atoms with Crippen LogP contribution in [0.5, 0.6) is 0 Å². The van der Waals surface area contributed by atoms with Gasteiger partial charge in [-0.2, -0.15) is 0 Å². The average Bonchev–Trinajstić information content (AvgIpc) is 2.44. The first kappa shape index (κ1) is 20.5. The Morgan fingerprint density at radius 3 is 1.30 bits per heavy atom. The van der Waals surface area contributed by atoms with E-state index in [0.29, 0.717) is 0 Å². The van der Waals surface area contributed by atoms with Crippen molar-refractivity contribution in [1.82, 2.24) is 0 Å². The van der Waals surface area contributed by atoms with Crippen LogP contribution in [-0.2, 0) is 17.1 Å². The molecule has 0 aliphatic carbocycles. The van der Waals surface area contributed by atoms with Crippen molar-refractivity contribution < 1.29 is 36.9 Å². The standard InChI is InChI=1S/2C8H8NO2.Cu/c2*1-5-2-3-7(9)6(4-5)8(10)11;/h2*2-4,9H,1H3,(H,10,11);/q2*-1;+2. The van der Waals surface area contributed by atoms with E-state index in [0.717, 1.165) is 11.1 Å². The Hall–Kier alpha value is -2.50.